The number of hydrogen-bond donors (Lipinski definition) is 2. The summed E-state index contributed by atoms with van der Waals surface area (Å²) in [5.74, 6) is 1.10. The first-order valence-electron chi connectivity index (χ1n) is 15.4. The number of rotatable bonds is 9. The highest BCUT2D eigenvalue weighted by Crippen LogP contribution is 2.34. The highest BCUT2D eigenvalue weighted by Gasteiger charge is 2.34. The van der Waals surface area contributed by atoms with Gasteiger partial charge in [0.25, 0.3) is 5.91 Å². The molecular weight excluding hydrogens is 595 g/mol. The zero-order valence-electron chi connectivity index (χ0n) is 25.8. The average Bonchev–Trinajstić information content (AvgIpc) is 3.05. The third-order valence-corrected chi connectivity index (χ3v) is 8.59. The summed E-state index contributed by atoms with van der Waals surface area (Å²) < 4.78 is 31.9. The first kappa shape index (κ1) is 31.4. The molecule has 13 nitrogen and oxygen atoms in total. The second-order valence-electron chi connectivity index (χ2n) is 11.6. The van der Waals surface area contributed by atoms with E-state index in [2.05, 4.69) is 36.1 Å². The van der Waals surface area contributed by atoms with Crippen LogP contribution in [0.25, 0.3) is 11.4 Å². The number of amides is 1. The molecular formula is C32H37FN8O5. The molecule has 4 heterocycles. The van der Waals surface area contributed by atoms with Gasteiger partial charge < -0.3 is 34.4 Å². The number of aliphatic hydroxyl groups is 1. The van der Waals surface area contributed by atoms with Crippen LogP contribution in [-0.4, -0.2) is 120 Å². The molecule has 2 N–H and O–H groups in total. The molecule has 14 heteroatoms. The monoisotopic (exact) mass is 632 g/mol. The number of ether oxygens (including phenoxy) is 3. The van der Waals surface area contributed by atoms with Gasteiger partial charge in [-0.25, -0.2) is 14.4 Å². The summed E-state index contributed by atoms with van der Waals surface area (Å²) in [6.45, 7) is 6.83. The van der Waals surface area contributed by atoms with Gasteiger partial charge in [0.1, 0.15) is 36.1 Å². The molecule has 46 heavy (non-hydrogen) atoms. The van der Waals surface area contributed by atoms with Gasteiger partial charge in [-0.3, -0.25) is 9.69 Å². The normalized spacial score (nSPS) is 21.2. The van der Waals surface area contributed by atoms with Crippen molar-refractivity contribution in [2.24, 2.45) is 0 Å². The van der Waals surface area contributed by atoms with Crippen LogP contribution < -0.4 is 19.7 Å². The van der Waals surface area contributed by atoms with Crippen molar-refractivity contribution >= 4 is 23.2 Å². The molecule has 3 fully saturated rings. The number of methoxy groups -OCH3 is 1. The minimum Gasteiger partial charge on any atom is -0.495 e. The molecule has 6 rings (SSSR count). The van der Waals surface area contributed by atoms with Crippen LogP contribution in [0.4, 0.5) is 21.7 Å². The molecule has 0 bridgehead atoms. The molecule has 1 aromatic heterocycles. The maximum Gasteiger partial charge on any atom is 0.251 e. The first-order valence-corrected chi connectivity index (χ1v) is 15.4. The van der Waals surface area contributed by atoms with Crippen molar-refractivity contribution in [3.05, 3.63) is 48.3 Å². The van der Waals surface area contributed by atoms with Crippen molar-refractivity contribution < 1.29 is 28.5 Å². The Kier molecular flexibility index (Phi) is 9.43. The van der Waals surface area contributed by atoms with Gasteiger partial charge in [-0.2, -0.15) is 10.2 Å². The number of halogens is 1. The van der Waals surface area contributed by atoms with Crippen LogP contribution in [0.3, 0.4) is 0 Å². The van der Waals surface area contributed by atoms with E-state index in [0.29, 0.717) is 23.4 Å². The smallest absolute Gasteiger partial charge is 0.251 e. The van der Waals surface area contributed by atoms with Gasteiger partial charge in [0, 0.05) is 56.5 Å². The number of nitriles is 1. The van der Waals surface area contributed by atoms with E-state index >= 15 is 0 Å². The predicted molar refractivity (Wildman–Crippen MR) is 167 cm³/mol. The fourth-order valence-electron chi connectivity index (χ4n) is 5.91. The molecule has 0 unspecified atom stereocenters. The molecule has 242 valence electrons. The fourth-order valence-corrected chi connectivity index (χ4v) is 5.91. The number of aromatic nitrogens is 3. The Balaban J connectivity index is 1.11. The van der Waals surface area contributed by atoms with E-state index in [1.165, 1.54) is 18.2 Å². The standard InChI is InChI=1S/C32H37FN8O5/c1-20(42)31(43)41-8-7-28(25(33)16-41)46-27-6-3-21(13-22(27)15-34)30-35-19-36-32(38-30)37-23-4-5-26(29(14-23)44-2)40-11-9-39(10-12-40)24-17-45-18-24/h3-6,13-14,19-20,24-25,28,42H,7-12,16-18H2,1-2H3,(H,35,36,37,38)/t20-,25-,28-/m0/s1. The third kappa shape index (κ3) is 6.81. The Labute approximate surface area is 266 Å². The number of hydrogen-bond acceptors (Lipinski definition) is 12. The van der Waals surface area contributed by atoms with E-state index < -0.39 is 24.3 Å². The quantitative estimate of drug-likeness (QED) is 0.357. The van der Waals surface area contributed by atoms with Gasteiger partial charge in [0.2, 0.25) is 5.95 Å². The van der Waals surface area contributed by atoms with Gasteiger partial charge in [0.15, 0.2) is 12.0 Å². The number of likely N-dealkylation sites (tertiary alicyclic amines) is 1. The SMILES string of the molecule is COc1cc(Nc2ncnc(-c3ccc(O[C@H]4CCN(C(=O)[C@H](C)O)C[C@@H]4F)c(C#N)c3)n2)ccc1N1CCN(C2COC2)CC1. The highest BCUT2D eigenvalue weighted by atomic mass is 19.1. The summed E-state index contributed by atoms with van der Waals surface area (Å²) in [7, 11) is 1.65. The number of nitrogens with zero attached hydrogens (tertiary/aromatic N) is 7. The zero-order chi connectivity index (χ0) is 32.2. The van der Waals surface area contributed by atoms with Crippen molar-refractivity contribution in [3.63, 3.8) is 0 Å². The summed E-state index contributed by atoms with van der Waals surface area (Å²) in [6, 6.07) is 13.4. The molecule has 0 spiro atoms. The summed E-state index contributed by atoms with van der Waals surface area (Å²) in [5.41, 5.74) is 2.53. The van der Waals surface area contributed by atoms with Crippen LogP contribution in [-0.2, 0) is 9.53 Å². The van der Waals surface area contributed by atoms with Gasteiger partial charge >= 0.3 is 0 Å². The van der Waals surface area contributed by atoms with E-state index in [-0.39, 0.29) is 30.8 Å². The zero-order valence-corrected chi connectivity index (χ0v) is 25.8. The van der Waals surface area contributed by atoms with Crippen molar-refractivity contribution in [1.29, 1.82) is 5.26 Å². The van der Waals surface area contributed by atoms with Gasteiger partial charge in [0.05, 0.1) is 44.2 Å². The average molecular weight is 633 g/mol. The lowest BCUT2D eigenvalue weighted by Gasteiger charge is -2.43. The Morgan fingerprint density at radius 1 is 1.13 bits per heavy atom. The van der Waals surface area contributed by atoms with Gasteiger partial charge in [-0.15, -0.1) is 0 Å². The van der Waals surface area contributed by atoms with E-state index in [0.717, 1.165) is 56.5 Å². The van der Waals surface area contributed by atoms with Crippen molar-refractivity contribution in [2.75, 3.05) is 69.8 Å². The maximum absolute atomic E-state index is 14.9. The second-order valence-corrected chi connectivity index (χ2v) is 11.6. The molecule has 3 aliphatic rings. The summed E-state index contributed by atoms with van der Waals surface area (Å²) in [5, 5.41) is 22.6. The maximum atomic E-state index is 14.9. The number of piperidine rings is 1. The van der Waals surface area contributed by atoms with Gasteiger partial charge in [-0.1, -0.05) is 0 Å². The number of carbonyl (C=O) groups is 1. The van der Waals surface area contributed by atoms with Crippen LogP contribution in [0.5, 0.6) is 11.5 Å². The van der Waals surface area contributed by atoms with E-state index in [1.54, 1.807) is 25.3 Å². The fraction of sp³-hybridized carbons (Fsp3) is 0.469. The molecule has 0 saturated carbocycles. The van der Waals surface area contributed by atoms with E-state index in [1.807, 2.05) is 18.2 Å². The lowest BCUT2D eigenvalue weighted by molar-refractivity contribution is -0.143. The Morgan fingerprint density at radius 2 is 1.93 bits per heavy atom. The number of alkyl halides is 1. The lowest BCUT2D eigenvalue weighted by atomic mass is 10.0. The largest absolute Gasteiger partial charge is 0.495 e. The lowest BCUT2D eigenvalue weighted by Crippen LogP contribution is -2.56. The van der Waals surface area contributed by atoms with Gasteiger partial charge in [-0.05, 0) is 37.3 Å². The minimum atomic E-state index is -1.47. The molecule has 2 aromatic carbocycles. The second kappa shape index (κ2) is 13.8. The van der Waals surface area contributed by atoms with E-state index in [4.69, 9.17) is 14.2 Å². The summed E-state index contributed by atoms with van der Waals surface area (Å²) in [4.78, 5) is 31.2. The topological polar surface area (TPSA) is 149 Å². The minimum absolute atomic E-state index is 0.183. The molecule has 0 aliphatic carbocycles. The van der Waals surface area contributed by atoms with Crippen molar-refractivity contribution in [1.82, 2.24) is 24.8 Å². The van der Waals surface area contributed by atoms with Crippen LogP contribution in [0.15, 0.2) is 42.7 Å². The Bertz CT molecular complexity index is 1590. The summed E-state index contributed by atoms with van der Waals surface area (Å²) >= 11 is 0. The molecule has 3 atom stereocenters. The van der Waals surface area contributed by atoms with Crippen LogP contribution in [0.2, 0.25) is 0 Å². The van der Waals surface area contributed by atoms with E-state index in [9.17, 15) is 19.6 Å². The Morgan fingerprint density at radius 3 is 2.61 bits per heavy atom. The Hall–Kier alpha value is -4.58. The van der Waals surface area contributed by atoms with Crippen LogP contribution in [0, 0.1) is 11.3 Å². The molecule has 1 amide bonds. The summed E-state index contributed by atoms with van der Waals surface area (Å²) in [6.07, 6.45) is -1.88. The predicted octanol–water partition coefficient (Wildman–Crippen LogP) is 2.38. The number of nitrogens with one attached hydrogen (secondary N) is 1. The first-order chi connectivity index (χ1) is 22.3. The molecule has 3 aliphatic heterocycles. The molecule has 0 radical (unpaired) electrons. The number of carbonyl (C=O) groups excluding carboxylic acids is 1. The molecule has 3 saturated heterocycles. The van der Waals surface area contributed by atoms with Crippen LogP contribution >= 0.6 is 0 Å². The van der Waals surface area contributed by atoms with Crippen molar-refractivity contribution in [2.45, 2.75) is 37.8 Å². The number of anilines is 3. The highest BCUT2D eigenvalue weighted by molar-refractivity contribution is 5.80. The third-order valence-electron chi connectivity index (χ3n) is 8.59. The van der Waals surface area contributed by atoms with Crippen molar-refractivity contribution in [3.8, 4) is 29.0 Å². The number of benzene rings is 2. The van der Waals surface area contributed by atoms with Crippen LogP contribution in [0.1, 0.15) is 18.9 Å². The number of piperazine rings is 1. The molecule has 3 aromatic rings. The number of aliphatic hydroxyl groups excluding tert-OH is 1.